The molecular formula is C22H26Cl2N2O2. The van der Waals surface area contributed by atoms with E-state index in [-0.39, 0.29) is 35.7 Å². The molecule has 2 unspecified atom stereocenters. The lowest BCUT2D eigenvalue weighted by molar-refractivity contribution is -0.123. The van der Waals surface area contributed by atoms with E-state index >= 15 is 0 Å². The van der Waals surface area contributed by atoms with Crippen LogP contribution < -0.4 is 15.4 Å². The lowest BCUT2D eigenvalue weighted by atomic mass is 9.91. The molecule has 4 rings (SSSR count). The van der Waals surface area contributed by atoms with Crippen molar-refractivity contribution in [2.45, 2.75) is 25.3 Å². The van der Waals surface area contributed by atoms with Gasteiger partial charge >= 0.3 is 0 Å². The van der Waals surface area contributed by atoms with Crippen molar-refractivity contribution in [1.82, 2.24) is 10.6 Å². The summed E-state index contributed by atoms with van der Waals surface area (Å²) < 4.78 is 5.55. The van der Waals surface area contributed by atoms with Crippen LogP contribution in [0, 0.1) is 11.3 Å². The zero-order chi connectivity index (χ0) is 18.9. The third kappa shape index (κ3) is 4.00. The molecule has 2 fully saturated rings. The van der Waals surface area contributed by atoms with Crippen LogP contribution in [0.4, 0.5) is 0 Å². The highest BCUT2D eigenvalue weighted by atomic mass is 35.5. The van der Waals surface area contributed by atoms with Crippen molar-refractivity contribution >= 4 is 29.9 Å². The van der Waals surface area contributed by atoms with Crippen LogP contribution in [0.1, 0.15) is 36.4 Å². The number of halogens is 2. The van der Waals surface area contributed by atoms with Gasteiger partial charge in [-0.1, -0.05) is 48.0 Å². The van der Waals surface area contributed by atoms with Gasteiger partial charge < -0.3 is 15.4 Å². The van der Waals surface area contributed by atoms with Crippen molar-refractivity contribution < 1.29 is 9.53 Å². The van der Waals surface area contributed by atoms with E-state index < -0.39 is 0 Å². The van der Waals surface area contributed by atoms with Gasteiger partial charge in [-0.25, -0.2) is 0 Å². The molecule has 1 aliphatic carbocycles. The Bertz CT molecular complexity index is 837. The van der Waals surface area contributed by atoms with Crippen molar-refractivity contribution in [3.05, 3.63) is 64.7 Å². The van der Waals surface area contributed by atoms with E-state index in [4.69, 9.17) is 16.3 Å². The summed E-state index contributed by atoms with van der Waals surface area (Å²) in [6, 6.07) is 15.1. The smallest absolute Gasteiger partial charge is 0.224 e. The van der Waals surface area contributed by atoms with Gasteiger partial charge in [-0.15, -0.1) is 12.4 Å². The van der Waals surface area contributed by atoms with E-state index in [9.17, 15) is 4.79 Å². The predicted octanol–water partition coefficient (Wildman–Crippen LogP) is 4.37. The fourth-order valence-corrected chi connectivity index (χ4v) is 4.62. The molecule has 1 amide bonds. The Labute approximate surface area is 177 Å². The lowest BCUT2D eigenvalue weighted by Crippen LogP contribution is -2.35. The standard InChI is InChI=1S/C22H25ClN2O2.ClH/c1-27-19-9-5-3-7-16(19)20(15-6-2-4-8-18(15)23)25-21(26)17-14-22(17)10-12-24-13-11-22;/h2-9,17,20,24H,10-14H2,1H3,(H,25,26);1H. The van der Waals surface area contributed by atoms with Crippen LogP contribution in [0.3, 0.4) is 0 Å². The monoisotopic (exact) mass is 420 g/mol. The Kier molecular flexibility index (Phi) is 6.54. The van der Waals surface area contributed by atoms with Gasteiger partial charge in [0.25, 0.3) is 0 Å². The number of carbonyl (C=O) groups is 1. The summed E-state index contributed by atoms with van der Waals surface area (Å²) in [6.07, 6.45) is 3.15. The van der Waals surface area contributed by atoms with Crippen molar-refractivity contribution in [2.75, 3.05) is 20.2 Å². The minimum absolute atomic E-state index is 0. The van der Waals surface area contributed by atoms with Crippen molar-refractivity contribution in [3.63, 3.8) is 0 Å². The van der Waals surface area contributed by atoms with Crippen LogP contribution in [0.25, 0.3) is 0 Å². The van der Waals surface area contributed by atoms with Crippen molar-refractivity contribution in [1.29, 1.82) is 0 Å². The number of piperidine rings is 1. The second-order valence-electron chi connectivity index (χ2n) is 7.57. The molecule has 2 atom stereocenters. The number of carbonyl (C=O) groups excluding carboxylic acids is 1. The van der Waals surface area contributed by atoms with Gasteiger partial charge in [0.1, 0.15) is 5.75 Å². The summed E-state index contributed by atoms with van der Waals surface area (Å²) >= 11 is 6.48. The molecule has 1 saturated heterocycles. The number of benzene rings is 2. The van der Waals surface area contributed by atoms with Crippen LogP contribution in [-0.2, 0) is 4.79 Å². The van der Waals surface area contributed by atoms with Crippen molar-refractivity contribution in [2.24, 2.45) is 11.3 Å². The first-order valence-corrected chi connectivity index (χ1v) is 9.91. The number of para-hydroxylation sites is 1. The van der Waals surface area contributed by atoms with Gasteiger partial charge in [-0.2, -0.15) is 0 Å². The zero-order valence-electron chi connectivity index (χ0n) is 15.9. The maximum absolute atomic E-state index is 13.1. The highest BCUT2D eigenvalue weighted by Gasteiger charge is 2.57. The maximum atomic E-state index is 13.1. The molecule has 1 saturated carbocycles. The maximum Gasteiger partial charge on any atom is 0.224 e. The van der Waals surface area contributed by atoms with Gasteiger partial charge in [0.15, 0.2) is 0 Å². The summed E-state index contributed by atoms with van der Waals surface area (Å²) in [4.78, 5) is 13.1. The number of nitrogens with one attached hydrogen (secondary N) is 2. The van der Waals surface area contributed by atoms with E-state index in [2.05, 4.69) is 10.6 Å². The summed E-state index contributed by atoms with van der Waals surface area (Å²) in [5, 5.41) is 7.30. The SMILES string of the molecule is COc1ccccc1C(NC(=O)C1CC12CCNCC2)c1ccccc1Cl.Cl. The third-order valence-electron chi connectivity index (χ3n) is 6.06. The van der Waals surface area contributed by atoms with E-state index in [1.807, 2.05) is 48.5 Å². The normalized spacial score (nSPS) is 20.7. The number of methoxy groups -OCH3 is 1. The Morgan fingerprint density at radius 1 is 1.14 bits per heavy atom. The number of ether oxygens (including phenoxy) is 1. The molecule has 6 heteroatoms. The van der Waals surface area contributed by atoms with Crippen LogP contribution in [0.5, 0.6) is 5.75 Å². The molecule has 1 spiro atoms. The van der Waals surface area contributed by atoms with Crippen LogP contribution in [-0.4, -0.2) is 26.1 Å². The summed E-state index contributed by atoms with van der Waals surface area (Å²) in [5.74, 6) is 0.960. The average molecular weight is 421 g/mol. The van der Waals surface area contributed by atoms with E-state index in [1.165, 1.54) is 0 Å². The van der Waals surface area contributed by atoms with Gasteiger partial charge in [-0.3, -0.25) is 4.79 Å². The Morgan fingerprint density at radius 3 is 2.46 bits per heavy atom. The number of rotatable bonds is 5. The molecule has 2 aliphatic rings. The van der Waals surface area contributed by atoms with Gasteiger partial charge in [0, 0.05) is 16.5 Å². The highest BCUT2D eigenvalue weighted by Crippen LogP contribution is 2.58. The van der Waals surface area contributed by atoms with Crippen molar-refractivity contribution in [3.8, 4) is 5.75 Å². The van der Waals surface area contributed by atoms with Crippen LogP contribution in [0.2, 0.25) is 5.02 Å². The average Bonchev–Trinajstić information content (AvgIpc) is 3.40. The number of hydrogen-bond donors (Lipinski definition) is 2. The molecule has 4 nitrogen and oxygen atoms in total. The fraction of sp³-hybridized carbons (Fsp3) is 0.409. The van der Waals surface area contributed by atoms with Crippen LogP contribution in [0.15, 0.2) is 48.5 Å². The van der Waals surface area contributed by atoms with Gasteiger partial charge in [0.2, 0.25) is 5.91 Å². The molecule has 28 heavy (non-hydrogen) atoms. The first-order chi connectivity index (χ1) is 13.1. The zero-order valence-corrected chi connectivity index (χ0v) is 17.5. The first-order valence-electron chi connectivity index (χ1n) is 9.53. The molecule has 2 N–H and O–H groups in total. The molecule has 2 aromatic carbocycles. The minimum atomic E-state index is -0.332. The number of hydrogen-bond acceptors (Lipinski definition) is 3. The summed E-state index contributed by atoms with van der Waals surface area (Å²) in [5.41, 5.74) is 2.00. The Morgan fingerprint density at radius 2 is 1.79 bits per heavy atom. The minimum Gasteiger partial charge on any atom is -0.496 e. The summed E-state index contributed by atoms with van der Waals surface area (Å²) in [6.45, 7) is 2.01. The summed E-state index contributed by atoms with van der Waals surface area (Å²) in [7, 11) is 1.65. The molecule has 1 aliphatic heterocycles. The third-order valence-corrected chi connectivity index (χ3v) is 6.40. The van der Waals surface area contributed by atoms with E-state index in [1.54, 1.807) is 7.11 Å². The van der Waals surface area contributed by atoms with Gasteiger partial charge in [-0.05, 0) is 55.5 Å². The fourth-order valence-electron chi connectivity index (χ4n) is 4.38. The number of amides is 1. The Hall–Kier alpha value is -1.75. The quantitative estimate of drug-likeness (QED) is 0.754. The van der Waals surface area contributed by atoms with E-state index in [0.29, 0.717) is 5.02 Å². The second kappa shape index (κ2) is 8.73. The predicted molar refractivity (Wildman–Crippen MR) is 114 cm³/mol. The Balaban J connectivity index is 0.00000225. The second-order valence-corrected chi connectivity index (χ2v) is 7.98. The lowest BCUT2D eigenvalue weighted by Gasteiger charge is -2.26. The molecule has 150 valence electrons. The molecule has 0 aromatic heterocycles. The molecule has 0 radical (unpaired) electrons. The highest BCUT2D eigenvalue weighted by molar-refractivity contribution is 6.31. The molecule has 0 bridgehead atoms. The largest absolute Gasteiger partial charge is 0.496 e. The van der Waals surface area contributed by atoms with Gasteiger partial charge in [0.05, 0.1) is 13.2 Å². The first kappa shape index (κ1) is 21.0. The topological polar surface area (TPSA) is 50.4 Å². The molecule has 1 heterocycles. The van der Waals surface area contributed by atoms with Crippen LogP contribution >= 0.6 is 24.0 Å². The molecular weight excluding hydrogens is 395 g/mol. The molecule has 2 aromatic rings. The van der Waals surface area contributed by atoms with E-state index in [0.717, 1.165) is 49.2 Å².